The molecule has 0 aromatic carbocycles. The Bertz CT molecular complexity index is 448. The van der Waals surface area contributed by atoms with Crippen LogP contribution in [0.2, 0.25) is 97.7 Å². The van der Waals surface area contributed by atoms with Crippen LogP contribution in [0, 0.1) is 0 Å². The number of hydrogen-bond donors (Lipinski definition) is 0. The van der Waals surface area contributed by atoms with Crippen LogP contribution in [0.25, 0.3) is 0 Å². The van der Waals surface area contributed by atoms with Crippen LogP contribution >= 0.6 is 0 Å². The highest BCUT2D eigenvalue weighted by molar-refractivity contribution is 6.87. The maximum Gasteiger partial charge on any atom is 0.314 e. The lowest BCUT2D eigenvalue weighted by atomic mass is 10.4. The molecule has 0 spiro atoms. The SMILES string of the molecule is C.C.C.C.C.C.C=CCC.CCCC[Si](C)(O[Si](C)(C)C)O[Si](C)(C)C.C[SiH](O[Si](C)(C)C)O[Si](C)(C)C. The molecule has 0 saturated heterocycles. The molecule has 0 aromatic heterocycles. The smallest absolute Gasteiger partial charge is 0.314 e. The molecular formula is C28H84O4Si6. The standard InChI is InChI=1S/C11H30O2Si3.C7H22O2Si3.C4H8.6CH4/c1-9-10-11-16(8,12-14(2,3)4)13-15(5,6)7;1-10(8-11(2,3)4)9-12(5,6)7;1-3-4-2;;;;;;/h9-11H2,1-8H3;10H,1-7H3;3H,1,4H2,2H3;6*1H4. The topological polar surface area (TPSA) is 36.9 Å². The Morgan fingerprint density at radius 3 is 1.00 bits per heavy atom. The molecule has 244 valence electrons. The Labute approximate surface area is 254 Å². The summed E-state index contributed by atoms with van der Waals surface area (Å²) in [6.45, 7) is 39.0. The summed E-state index contributed by atoms with van der Waals surface area (Å²) in [6, 6.07) is 1.15. The van der Waals surface area contributed by atoms with Crippen molar-refractivity contribution in [1.82, 2.24) is 0 Å². The maximum absolute atomic E-state index is 6.39. The van der Waals surface area contributed by atoms with Crippen molar-refractivity contribution in [3.63, 3.8) is 0 Å². The molecule has 0 amide bonds. The molecule has 0 rings (SSSR count). The molecule has 0 aliphatic heterocycles. The van der Waals surface area contributed by atoms with E-state index in [9.17, 15) is 0 Å². The van der Waals surface area contributed by atoms with Crippen LogP contribution in [-0.2, 0) is 16.5 Å². The summed E-state index contributed by atoms with van der Waals surface area (Å²) in [7, 11) is -8.94. The van der Waals surface area contributed by atoms with Crippen LogP contribution in [0.5, 0.6) is 0 Å². The normalized spacial score (nSPS) is 11.1. The van der Waals surface area contributed by atoms with Gasteiger partial charge in [-0.3, -0.25) is 0 Å². The first-order valence-corrected chi connectivity index (χ1v) is 30.6. The minimum absolute atomic E-state index is 0. The summed E-state index contributed by atoms with van der Waals surface area (Å²) in [5.41, 5.74) is 0. The zero-order chi connectivity index (χ0) is 26.4. The number of rotatable bonds is 12. The van der Waals surface area contributed by atoms with Gasteiger partial charge in [-0.1, -0.05) is 77.3 Å². The maximum atomic E-state index is 6.39. The van der Waals surface area contributed by atoms with Crippen molar-refractivity contribution in [2.24, 2.45) is 0 Å². The molecule has 0 fully saturated rings. The molecule has 0 aliphatic carbocycles. The molecule has 0 N–H and O–H groups in total. The highest BCUT2D eigenvalue weighted by atomic mass is 28.5. The Kier molecular flexibility index (Phi) is 46.1. The second-order valence-corrected chi connectivity index (χ2v) is 36.7. The van der Waals surface area contributed by atoms with E-state index in [1.54, 1.807) is 0 Å². The van der Waals surface area contributed by atoms with Crippen LogP contribution in [0.4, 0.5) is 0 Å². The Morgan fingerprint density at radius 2 is 0.842 bits per heavy atom. The van der Waals surface area contributed by atoms with Gasteiger partial charge in [0.1, 0.15) is 0 Å². The number of unbranched alkanes of at least 4 members (excludes halogenated alkanes) is 1. The highest BCUT2D eigenvalue weighted by Gasteiger charge is 2.39. The Morgan fingerprint density at radius 1 is 0.579 bits per heavy atom. The van der Waals surface area contributed by atoms with Crippen molar-refractivity contribution < 1.29 is 16.5 Å². The largest absolute Gasteiger partial charge is 0.439 e. The first-order chi connectivity index (χ1) is 14.0. The van der Waals surface area contributed by atoms with Gasteiger partial charge in [-0.2, -0.15) is 0 Å². The van der Waals surface area contributed by atoms with Crippen molar-refractivity contribution in [3.8, 4) is 0 Å². The minimum atomic E-state index is -1.92. The molecule has 0 radical (unpaired) electrons. The van der Waals surface area contributed by atoms with E-state index < -0.39 is 51.1 Å². The third-order valence-electron chi connectivity index (χ3n) is 3.36. The quantitative estimate of drug-likeness (QED) is 0.155. The van der Waals surface area contributed by atoms with Crippen molar-refractivity contribution >= 4 is 51.1 Å². The van der Waals surface area contributed by atoms with E-state index in [0.717, 1.165) is 12.5 Å². The fourth-order valence-corrected chi connectivity index (χ4v) is 24.2. The van der Waals surface area contributed by atoms with Crippen LogP contribution in [0.1, 0.15) is 77.7 Å². The van der Waals surface area contributed by atoms with Gasteiger partial charge < -0.3 is 16.5 Å². The van der Waals surface area contributed by atoms with Gasteiger partial charge in [0.05, 0.1) is 0 Å². The fourth-order valence-electron chi connectivity index (χ4n) is 2.94. The van der Waals surface area contributed by atoms with Crippen molar-refractivity contribution in [2.45, 2.75) is 175 Å². The summed E-state index contributed by atoms with van der Waals surface area (Å²) in [5.74, 6) is 0. The monoisotopic (exact) mass is 652 g/mol. The predicted molar refractivity (Wildman–Crippen MR) is 203 cm³/mol. The van der Waals surface area contributed by atoms with Gasteiger partial charge in [-0.15, -0.1) is 6.58 Å². The molecule has 0 saturated carbocycles. The van der Waals surface area contributed by atoms with Gasteiger partial charge in [0.25, 0.3) is 9.28 Å². The Hall–Kier alpha value is 0.881. The number of hydrogen-bond acceptors (Lipinski definition) is 4. The second kappa shape index (κ2) is 28.0. The van der Waals surface area contributed by atoms with Crippen LogP contribution in [0.3, 0.4) is 0 Å². The number of allylic oxidation sites excluding steroid dienone is 1. The van der Waals surface area contributed by atoms with E-state index in [1.165, 1.54) is 12.8 Å². The first kappa shape index (κ1) is 62.5. The van der Waals surface area contributed by atoms with E-state index in [4.69, 9.17) is 16.5 Å². The molecule has 0 unspecified atom stereocenters. The van der Waals surface area contributed by atoms with Crippen LogP contribution < -0.4 is 0 Å². The zero-order valence-corrected chi connectivity index (χ0v) is 31.0. The third-order valence-corrected chi connectivity index (χ3v) is 21.3. The minimum Gasteiger partial charge on any atom is -0.439 e. The molecule has 10 heteroatoms. The van der Waals surface area contributed by atoms with E-state index in [-0.39, 0.29) is 44.6 Å². The van der Waals surface area contributed by atoms with E-state index >= 15 is 0 Å². The third kappa shape index (κ3) is 56.9. The second-order valence-electron chi connectivity index (χ2n) is 12.4. The van der Waals surface area contributed by atoms with Gasteiger partial charge in [0.2, 0.25) is 0 Å². The van der Waals surface area contributed by atoms with Gasteiger partial charge in [-0.05, 0) is 104 Å². The fraction of sp³-hybridized carbons (Fsp3) is 0.929. The highest BCUT2D eigenvalue weighted by Crippen LogP contribution is 2.25. The van der Waals surface area contributed by atoms with E-state index in [2.05, 4.69) is 112 Å². The average molecular weight is 653 g/mol. The molecule has 0 heterocycles. The Balaban J connectivity index is -0.0000000494. The molecule has 0 aromatic rings. The predicted octanol–water partition coefficient (Wildman–Crippen LogP) is 12.5. The summed E-state index contributed by atoms with van der Waals surface area (Å²) >= 11 is 0. The molecule has 0 bridgehead atoms. The van der Waals surface area contributed by atoms with Crippen molar-refractivity contribution in [2.75, 3.05) is 0 Å². The van der Waals surface area contributed by atoms with Gasteiger partial charge >= 0.3 is 8.56 Å². The van der Waals surface area contributed by atoms with Crippen molar-refractivity contribution in [1.29, 1.82) is 0 Å². The van der Waals surface area contributed by atoms with Gasteiger partial charge in [0, 0.05) is 0 Å². The molecule has 38 heavy (non-hydrogen) atoms. The van der Waals surface area contributed by atoms with Gasteiger partial charge in [0.15, 0.2) is 33.3 Å². The lowest BCUT2D eigenvalue weighted by Crippen LogP contribution is -2.52. The van der Waals surface area contributed by atoms with Gasteiger partial charge in [-0.25, -0.2) is 0 Å². The average Bonchev–Trinajstić information content (AvgIpc) is 2.46. The summed E-state index contributed by atoms with van der Waals surface area (Å²) in [6.07, 6.45) is 5.42. The summed E-state index contributed by atoms with van der Waals surface area (Å²) < 4.78 is 24.6. The van der Waals surface area contributed by atoms with Crippen molar-refractivity contribution in [3.05, 3.63) is 12.7 Å². The molecule has 4 nitrogen and oxygen atoms in total. The summed E-state index contributed by atoms with van der Waals surface area (Å²) in [4.78, 5) is 0. The lowest BCUT2D eigenvalue weighted by molar-refractivity contribution is 0.381. The zero-order valence-electron chi connectivity index (χ0n) is 24.8. The van der Waals surface area contributed by atoms with E-state index in [1.807, 2.05) is 6.08 Å². The first-order valence-electron chi connectivity index (χ1n) is 12.4. The van der Waals surface area contributed by atoms with Crippen LogP contribution in [-0.4, -0.2) is 51.1 Å². The molecule has 0 atom stereocenters. The molecular weight excluding hydrogens is 569 g/mol. The van der Waals surface area contributed by atoms with Crippen LogP contribution in [0.15, 0.2) is 12.7 Å². The van der Waals surface area contributed by atoms with E-state index in [0.29, 0.717) is 0 Å². The molecule has 0 aliphatic rings. The lowest BCUT2D eigenvalue weighted by Gasteiger charge is -2.38. The summed E-state index contributed by atoms with van der Waals surface area (Å²) in [5, 5.41) is 0.